The monoisotopic (exact) mass is 213 g/mol. The van der Waals surface area contributed by atoms with Crippen LogP contribution in [0.25, 0.3) is 0 Å². The van der Waals surface area contributed by atoms with E-state index in [1.165, 1.54) is 0 Å². The van der Waals surface area contributed by atoms with Crippen molar-refractivity contribution in [2.24, 2.45) is 9.81 Å². The van der Waals surface area contributed by atoms with Gasteiger partial charge in [0.05, 0.1) is 0 Å². The van der Waals surface area contributed by atoms with Crippen molar-refractivity contribution in [2.75, 3.05) is 5.75 Å². The van der Waals surface area contributed by atoms with Gasteiger partial charge in [-0.3, -0.25) is 0 Å². The van der Waals surface area contributed by atoms with Gasteiger partial charge < -0.3 is 0 Å². The molecule has 0 bridgehead atoms. The Morgan fingerprint density at radius 3 is 2.00 bits per heavy atom. The van der Waals surface area contributed by atoms with Gasteiger partial charge in [-0.1, -0.05) is 20.8 Å². The quantitative estimate of drug-likeness (QED) is 0.503. The van der Waals surface area contributed by atoms with Gasteiger partial charge in [0, 0.05) is 5.75 Å². The molecule has 0 aromatic heterocycles. The minimum Gasteiger partial charge on any atom is -0.216 e. The van der Waals surface area contributed by atoms with E-state index in [-0.39, 0.29) is 5.41 Å². The summed E-state index contributed by atoms with van der Waals surface area (Å²) in [6.45, 7) is 6.85. The molecule has 0 unspecified atom stereocenters. The summed E-state index contributed by atoms with van der Waals surface area (Å²) < 4.78 is 39.2. The van der Waals surface area contributed by atoms with Gasteiger partial charge in [-0.05, 0) is 24.3 Å². The molecule has 5 heteroatoms. The molecular formula is C8H14F3NS. The molecular weight excluding hydrogens is 199 g/mol. The largest absolute Gasteiger partial charge is 0.429 e. The lowest BCUT2D eigenvalue weighted by Crippen LogP contribution is -2.19. The molecule has 0 aliphatic heterocycles. The molecule has 78 valence electrons. The van der Waals surface area contributed by atoms with Gasteiger partial charge >= 0.3 is 6.18 Å². The molecule has 1 nitrogen and oxygen atoms in total. The van der Waals surface area contributed by atoms with Crippen LogP contribution in [-0.4, -0.2) is 17.6 Å². The third-order valence-electron chi connectivity index (χ3n) is 1.11. The van der Waals surface area contributed by atoms with Gasteiger partial charge in [-0.15, -0.1) is 0 Å². The highest BCUT2D eigenvalue weighted by Crippen LogP contribution is 2.24. The summed E-state index contributed by atoms with van der Waals surface area (Å²) in [4.78, 5) is 0. The average molecular weight is 213 g/mol. The Hall–Kier alpha value is -0.190. The Morgan fingerprint density at radius 2 is 1.69 bits per heavy atom. The van der Waals surface area contributed by atoms with Gasteiger partial charge in [-0.25, -0.2) is 4.40 Å². The molecule has 0 spiro atoms. The third kappa shape index (κ3) is 6.93. The van der Waals surface area contributed by atoms with E-state index in [4.69, 9.17) is 0 Å². The molecule has 0 aromatic carbocycles. The summed E-state index contributed by atoms with van der Waals surface area (Å²) in [6.07, 6.45) is -4.29. The smallest absolute Gasteiger partial charge is 0.216 e. The van der Waals surface area contributed by atoms with Crippen molar-refractivity contribution in [3.8, 4) is 0 Å². The summed E-state index contributed by atoms with van der Waals surface area (Å²) in [5.41, 5.74) is -0.776. The third-order valence-corrected chi connectivity index (χ3v) is 2.51. The molecule has 13 heavy (non-hydrogen) atoms. The van der Waals surface area contributed by atoms with Gasteiger partial charge in [0.1, 0.15) is 5.71 Å². The van der Waals surface area contributed by atoms with E-state index in [1.807, 2.05) is 20.8 Å². The van der Waals surface area contributed by atoms with Crippen LogP contribution in [-0.2, 0) is 0 Å². The van der Waals surface area contributed by atoms with Crippen LogP contribution in [0.1, 0.15) is 27.7 Å². The minimum atomic E-state index is -4.29. The summed E-state index contributed by atoms with van der Waals surface area (Å²) in [6, 6.07) is 0. The highest BCUT2D eigenvalue weighted by atomic mass is 32.2. The number of rotatable bonds is 2. The normalized spacial score (nSPS) is 14.8. The molecule has 0 atom stereocenters. The van der Waals surface area contributed by atoms with Crippen LogP contribution >= 0.6 is 11.9 Å². The van der Waals surface area contributed by atoms with Crippen LogP contribution in [0, 0.1) is 5.41 Å². The molecule has 0 N–H and O–H groups in total. The van der Waals surface area contributed by atoms with Crippen LogP contribution in [0.15, 0.2) is 4.40 Å². The van der Waals surface area contributed by atoms with Crippen molar-refractivity contribution in [3.05, 3.63) is 0 Å². The zero-order chi connectivity index (χ0) is 10.7. The average Bonchev–Trinajstić information content (AvgIpc) is 1.82. The number of hydrogen-bond donors (Lipinski definition) is 0. The van der Waals surface area contributed by atoms with E-state index in [9.17, 15) is 13.2 Å². The topological polar surface area (TPSA) is 12.4 Å². The van der Waals surface area contributed by atoms with E-state index in [0.717, 1.165) is 18.9 Å². The first-order valence-electron chi connectivity index (χ1n) is 3.87. The molecule has 0 aromatic rings. The van der Waals surface area contributed by atoms with Crippen molar-refractivity contribution in [1.82, 2.24) is 0 Å². The first-order valence-corrected chi connectivity index (χ1v) is 4.81. The number of halogens is 3. The molecule has 0 aliphatic carbocycles. The Labute approximate surface area is 80.9 Å². The second-order valence-electron chi connectivity index (χ2n) is 4.01. The predicted octanol–water partition coefficient (Wildman–Crippen LogP) is 3.70. The fourth-order valence-electron chi connectivity index (χ4n) is 0.375. The maximum Gasteiger partial charge on any atom is 0.429 e. The van der Waals surface area contributed by atoms with Crippen molar-refractivity contribution in [2.45, 2.75) is 33.9 Å². The zero-order valence-corrected chi connectivity index (χ0v) is 9.01. The minimum absolute atomic E-state index is 0.0000449. The van der Waals surface area contributed by atoms with Crippen molar-refractivity contribution in [3.63, 3.8) is 0 Å². The lowest BCUT2D eigenvalue weighted by Gasteiger charge is -2.15. The molecule has 0 amide bonds. The summed E-state index contributed by atoms with van der Waals surface area (Å²) in [7, 11) is 0. The number of nitrogens with zero attached hydrogens (tertiary/aromatic N) is 1. The fraction of sp³-hybridized carbons (Fsp3) is 0.875. The fourth-order valence-corrected chi connectivity index (χ4v) is 1.12. The maximum absolute atomic E-state index is 11.9. The Balaban J connectivity index is 4.00. The van der Waals surface area contributed by atoms with Crippen LogP contribution in [0.4, 0.5) is 13.2 Å². The molecule has 0 fully saturated rings. The second kappa shape index (κ2) is 4.35. The van der Waals surface area contributed by atoms with E-state index in [0.29, 0.717) is 5.75 Å². The summed E-state index contributed by atoms with van der Waals surface area (Å²) in [5, 5.41) is 0. The van der Waals surface area contributed by atoms with E-state index >= 15 is 0 Å². The van der Waals surface area contributed by atoms with E-state index < -0.39 is 11.9 Å². The van der Waals surface area contributed by atoms with E-state index in [2.05, 4.69) is 4.40 Å². The molecule has 0 heterocycles. The lowest BCUT2D eigenvalue weighted by molar-refractivity contribution is -0.0589. The number of hydrogen-bond acceptors (Lipinski definition) is 2. The van der Waals surface area contributed by atoms with Gasteiger partial charge in [-0.2, -0.15) is 13.2 Å². The molecule has 0 radical (unpaired) electrons. The Morgan fingerprint density at radius 1 is 1.23 bits per heavy atom. The standard InChI is InChI=1S/C8H14F3NS/c1-6(8(9,10)11)12-13-5-7(2,3)4/h5H2,1-4H3. The molecule has 0 saturated carbocycles. The lowest BCUT2D eigenvalue weighted by atomic mass is 10.0. The van der Waals surface area contributed by atoms with Gasteiger partial charge in [0.2, 0.25) is 0 Å². The molecule has 0 rings (SSSR count). The zero-order valence-electron chi connectivity index (χ0n) is 8.20. The van der Waals surface area contributed by atoms with Crippen LogP contribution in [0.2, 0.25) is 0 Å². The van der Waals surface area contributed by atoms with Gasteiger partial charge in [0.15, 0.2) is 0 Å². The predicted molar refractivity (Wildman–Crippen MR) is 51.1 cm³/mol. The Bertz CT molecular complexity index is 191. The van der Waals surface area contributed by atoms with E-state index in [1.54, 1.807) is 0 Å². The van der Waals surface area contributed by atoms with Crippen LogP contribution < -0.4 is 0 Å². The second-order valence-corrected chi connectivity index (χ2v) is 4.74. The van der Waals surface area contributed by atoms with Crippen molar-refractivity contribution < 1.29 is 13.2 Å². The Kier molecular flexibility index (Phi) is 4.29. The summed E-state index contributed by atoms with van der Waals surface area (Å²) >= 11 is 0.963. The highest BCUT2D eigenvalue weighted by molar-refractivity contribution is 7.98. The maximum atomic E-state index is 11.9. The van der Waals surface area contributed by atoms with Crippen molar-refractivity contribution >= 4 is 17.7 Å². The first-order chi connectivity index (χ1) is 5.63. The molecule has 0 aliphatic rings. The molecule has 0 saturated heterocycles. The van der Waals surface area contributed by atoms with Crippen LogP contribution in [0.5, 0.6) is 0 Å². The number of alkyl halides is 3. The van der Waals surface area contributed by atoms with Gasteiger partial charge in [0.25, 0.3) is 0 Å². The van der Waals surface area contributed by atoms with Crippen molar-refractivity contribution in [1.29, 1.82) is 0 Å². The van der Waals surface area contributed by atoms with Crippen LogP contribution in [0.3, 0.4) is 0 Å². The highest BCUT2D eigenvalue weighted by Gasteiger charge is 2.32. The first kappa shape index (κ1) is 12.8. The SMILES string of the molecule is CC(=NSCC(C)(C)C)C(F)(F)F. The summed E-state index contributed by atoms with van der Waals surface area (Å²) in [5.74, 6) is 0.584.